The van der Waals surface area contributed by atoms with Crippen molar-refractivity contribution in [2.24, 2.45) is 5.92 Å². The SMILES string of the molecule is COc1ccc(N2C(=O)[C@H]3[C@H](c4cc(Cl)ccc4OCC(=O)Nc4ccc(C)cc4)c4sc(=O)[nH]c4S[C@H]3C2=O)cc1. The summed E-state index contributed by atoms with van der Waals surface area (Å²) in [6.45, 7) is 1.65. The van der Waals surface area contributed by atoms with Gasteiger partial charge in [-0.25, -0.2) is 4.90 Å². The molecule has 3 aromatic carbocycles. The largest absolute Gasteiger partial charge is 0.497 e. The number of fused-ring (bicyclic) bond motifs is 2. The van der Waals surface area contributed by atoms with Crippen LogP contribution in [0.25, 0.3) is 0 Å². The first-order chi connectivity index (χ1) is 20.2. The van der Waals surface area contributed by atoms with Crippen molar-refractivity contribution >= 4 is 63.8 Å². The first-order valence-electron chi connectivity index (χ1n) is 12.9. The molecule has 2 aliphatic rings. The van der Waals surface area contributed by atoms with Crippen LogP contribution in [0.15, 0.2) is 76.6 Å². The molecule has 0 spiro atoms. The minimum atomic E-state index is -0.842. The maximum absolute atomic E-state index is 14.0. The van der Waals surface area contributed by atoms with Crippen LogP contribution in [0, 0.1) is 12.8 Å². The third-order valence-corrected chi connectivity index (χ3v) is 9.79. The van der Waals surface area contributed by atoms with Crippen molar-refractivity contribution in [3.05, 3.63) is 97.4 Å². The van der Waals surface area contributed by atoms with Gasteiger partial charge in [0.2, 0.25) is 11.8 Å². The molecule has 1 saturated heterocycles. The van der Waals surface area contributed by atoms with Gasteiger partial charge in [0.1, 0.15) is 16.7 Å². The number of hydrogen-bond acceptors (Lipinski definition) is 8. The number of nitrogens with zero attached hydrogens (tertiary/aromatic N) is 1. The summed E-state index contributed by atoms with van der Waals surface area (Å²) in [7, 11) is 1.53. The lowest BCUT2D eigenvalue weighted by molar-refractivity contribution is -0.122. The molecule has 12 heteroatoms. The number of H-pyrrole nitrogens is 1. The lowest BCUT2D eigenvalue weighted by atomic mass is 9.82. The van der Waals surface area contributed by atoms with Gasteiger partial charge in [-0.15, -0.1) is 0 Å². The van der Waals surface area contributed by atoms with E-state index >= 15 is 0 Å². The molecular formula is C30H24ClN3O6S2. The molecule has 0 unspecified atom stereocenters. The van der Waals surface area contributed by atoms with E-state index in [1.165, 1.54) is 23.8 Å². The van der Waals surface area contributed by atoms with Crippen LogP contribution in [0.4, 0.5) is 11.4 Å². The zero-order chi connectivity index (χ0) is 29.5. The highest BCUT2D eigenvalue weighted by atomic mass is 35.5. The first-order valence-corrected chi connectivity index (χ1v) is 15.0. The molecule has 1 aromatic heterocycles. The normalized spacial score (nSPS) is 19.3. The van der Waals surface area contributed by atoms with Gasteiger partial charge in [-0.05, 0) is 61.5 Å². The predicted molar refractivity (Wildman–Crippen MR) is 162 cm³/mol. The third-order valence-electron chi connectivity index (χ3n) is 7.16. The number of carbonyl (C=O) groups is 3. The van der Waals surface area contributed by atoms with Crippen molar-refractivity contribution in [3.8, 4) is 11.5 Å². The van der Waals surface area contributed by atoms with Gasteiger partial charge in [0.25, 0.3) is 5.91 Å². The van der Waals surface area contributed by atoms with Crippen LogP contribution in [-0.2, 0) is 14.4 Å². The molecule has 0 radical (unpaired) electrons. The van der Waals surface area contributed by atoms with Gasteiger partial charge >= 0.3 is 4.87 Å². The van der Waals surface area contributed by atoms with Crippen molar-refractivity contribution in [3.63, 3.8) is 0 Å². The lowest BCUT2D eigenvalue weighted by Crippen LogP contribution is -2.32. The van der Waals surface area contributed by atoms with Gasteiger partial charge in [-0.1, -0.05) is 52.4 Å². The molecule has 6 rings (SSSR count). The number of aromatic nitrogens is 1. The smallest absolute Gasteiger partial charge is 0.305 e. The Morgan fingerprint density at radius 1 is 1.02 bits per heavy atom. The summed E-state index contributed by atoms with van der Waals surface area (Å²) in [6, 6.07) is 19.0. The number of aromatic amines is 1. The van der Waals surface area contributed by atoms with E-state index in [0.717, 1.165) is 16.9 Å². The monoisotopic (exact) mass is 621 g/mol. The van der Waals surface area contributed by atoms with Crippen molar-refractivity contribution < 1.29 is 23.9 Å². The minimum absolute atomic E-state index is 0.300. The van der Waals surface area contributed by atoms with Crippen molar-refractivity contribution in [1.82, 2.24) is 4.98 Å². The molecule has 0 saturated carbocycles. The van der Waals surface area contributed by atoms with Crippen LogP contribution < -0.4 is 24.6 Å². The molecule has 0 bridgehead atoms. The van der Waals surface area contributed by atoms with Gasteiger partial charge in [-0.3, -0.25) is 19.2 Å². The van der Waals surface area contributed by atoms with Crippen LogP contribution in [-0.4, -0.2) is 41.7 Å². The van der Waals surface area contributed by atoms with E-state index < -0.39 is 23.0 Å². The number of thiazole rings is 1. The standard InChI is InChI=1S/C30H24ClN3O6S2/c1-15-3-6-17(7-4-15)32-22(35)14-40-21-12-5-16(31)13-20(21)23-24-26(41-27-25(23)42-30(38)33-27)29(37)34(28(24)36)18-8-10-19(39-2)11-9-18/h3-13,23-24,26H,14H2,1-2H3,(H,32,35)(H,33,38)/t23-,24-,26+/m0/s1. The summed E-state index contributed by atoms with van der Waals surface area (Å²) in [4.78, 5) is 57.3. The minimum Gasteiger partial charge on any atom is -0.497 e. The Balaban J connectivity index is 1.35. The Kier molecular flexibility index (Phi) is 7.56. The summed E-state index contributed by atoms with van der Waals surface area (Å²) in [5, 5.41) is 2.91. The molecule has 2 aliphatic heterocycles. The van der Waals surface area contributed by atoms with Gasteiger partial charge in [0.15, 0.2) is 6.61 Å². The zero-order valence-electron chi connectivity index (χ0n) is 22.4. The molecular weight excluding hydrogens is 598 g/mol. The van der Waals surface area contributed by atoms with Crippen molar-refractivity contribution in [1.29, 1.82) is 0 Å². The van der Waals surface area contributed by atoms with Crippen LogP contribution in [0.5, 0.6) is 11.5 Å². The molecule has 3 heterocycles. The maximum atomic E-state index is 14.0. The fourth-order valence-corrected chi connectivity index (χ4v) is 7.90. The van der Waals surface area contributed by atoms with Crippen LogP contribution in [0.2, 0.25) is 5.02 Å². The van der Waals surface area contributed by atoms with E-state index in [1.807, 2.05) is 19.1 Å². The molecule has 9 nitrogen and oxygen atoms in total. The molecule has 42 heavy (non-hydrogen) atoms. The van der Waals surface area contributed by atoms with E-state index in [1.54, 1.807) is 54.6 Å². The molecule has 214 valence electrons. The van der Waals surface area contributed by atoms with E-state index in [4.69, 9.17) is 21.1 Å². The molecule has 1 fully saturated rings. The van der Waals surface area contributed by atoms with Gasteiger partial charge in [0.05, 0.1) is 23.7 Å². The number of rotatable bonds is 7. The average Bonchev–Trinajstić information content (AvgIpc) is 3.47. The Hall–Kier alpha value is -4.06. The highest BCUT2D eigenvalue weighted by Gasteiger charge is 2.56. The van der Waals surface area contributed by atoms with Crippen LogP contribution in [0.3, 0.4) is 0 Å². The summed E-state index contributed by atoms with van der Waals surface area (Å²) < 4.78 is 11.2. The molecule has 4 aromatic rings. The number of methoxy groups -OCH3 is 1. The number of nitrogens with one attached hydrogen (secondary N) is 2. The second kappa shape index (κ2) is 11.3. The number of hydrogen-bond donors (Lipinski definition) is 2. The Morgan fingerprint density at radius 3 is 2.48 bits per heavy atom. The lowest BCUT2D eigenvalue weighted by Gasteiger charge is -2.31. The summed E-state index contributed by atoms with van der Waals surface area (Å²) in [5.41, 5.74) is 2.63. The average molecular weight is 622 g/mol. The Morgan fingerprint density at radius 2 is 1.76 bits per heavy atom. The predicted octanol–water partition coefficient (Wildman–Crippen LogP) is 5.22. The molecule has 2 N–H and O–H groups in total. The number of imide groups is 1. The number of ether oxygens (including phenoxy) is 2. The van der Waals surface area contributed by atoms with E-state index in [2.05, 4.69) is 10.3 Å². The summed E-state index contributed by atoms with van der Waals surface area (Å²) >= 11 is 8.59. The van der Waals surface area contributed by atoms with Crippen LogP contribution in [0.1, 0.15) is 21.9 Å². The molecule has 3 amide bonds. The zero-order valence-corrected chi connectivity index (χ0v) is 24.8. The quantitative estimate of drug-likeness (QED) is 0.272. The van der Waals surface area contributed by atoms with E-state index in [0.29, 0.717) is 43.4 Å². The first kappa shape index (κ1) is 28.1. The molecule has 3 atom stereocenters. The van der Waals surface area contributed by atoms with E-state index in [-0.39, 0.29) is 23.3 Å². The molecule has 0 aliphatic carbocycles. The fraction of sp³-hybridized carbons (Fsp3) is 0.200. The topological polar surface area (TPSA) is 118 Å². The van der Waals surface area contributed by atoms with E-state index in [9.17, 15) is 19.2 Å². The Bertz CT molecular complexity index is 1750. The number of carbonyl (C=O) groups excluding carboxylic acids is 3. The highest BCUT2D eigenvalue weighted by molar-refractivity contribution is 8.00. The van der Waals surface area contributed by atoms with Crippen molar-refractivity contribution in [2.45, 2.75) is 23.1 Å². The summed E-state index contributed by atoms with van der Waals surface area (Å²) in [5.74, 6) is -1.80. The van der Waals surface area contributed by atoms with Crippen LogP contribution >= 0.6 is 34.7 Å². The Labute approximate surface area is 253 Å². The fourth-order valence-electron chi connectivity index (χ4n) is 5.21. The highest BCUT2D eigenvalue weighted by Crippen LogP contribution is 2.54. The van der Waals surface area contributed by atoms with Gasteiger partial charge in [0, 0.05) is 27.1 Å². The second-order valence-electron chi connectivity index (χ2n) is 9.84. The number of halogens is 1. The third kappa shape index (κ3) is 5.19. The number of aryl methyl sites for hydroxylation is 1. The summed E-state index contributed by atoms with van der Waals surface area (Å²) in [6.07, 6.45) is 0. The van der Waals surface area contributed by atoms with Gasteiger partial charge in [-0.2, -0.15) is 0 Å². The maximum Gasteiger partial charge on any atom is 0.305 e. The van der Waals surface area contributed by atoms with Crippen molar-refractivity contribution in [2.75, 3.05) is 23.9 Å². The number of anilines is 2. The number of thioether (sulfide) groups is 1. The van der Waals surface area contributed by atoms with Gasteiger partial charge < -0.3 is 19.8 Å². The number of amides is 3. The number of benzene rings is 3. The second-order valence-corrected chi connectivity index (χ2v) is 12.4.